The minimum atomic E-state index is -0.0104. The van der Waals surface area contributed by atoms with Crippen LogP contribution < -0.4 is 31.6 Å². The number of hydrogen-bond donors (Lipinski definition) is 4. The molecule has 296 valence electrons. The molecule has 0 bridgehead atoms. The number of hydrogen-bond acceptors (Lipinski definition) is 7. The molecule has 1 aromatic heterocycles. The topological polar surface area (TPSA) is 108 Å². The van der Waals surface area contributed by atoms with Gasteiger partial charge in [-0.15, -0.1) is 4.57 Å². The Balaban J connectivity index is 0.855. The van der Waals surface area contributed by atoms with Crippen LogP contribution in [0.25, 0.3) is 27.8 Å². The number of fused-ring (bicyclic) bond motifs is 4. The fourth-order valence-corrected chi connectivity index (χ4v) is 8.54. The molecule has 0 spiro atoms. The maximum absolute atomic E-state index is 6.51. The van der Waals surface area contributed by atoms with Crippen LogP contribution in [-0.2, 0) is 0 Å². The molecule has 0 amide bonds. The molecule has 1 unspecified atom stereocenters. The van der Waals surface area contributed by atoms with Crippen LogP contribution in [-0.4, -0.2) is 29.8 Å². The van der Waals surface area contributed by atoms with E-state index in [1.54, 1.807) is 0 Å². The third-order valence-electron chi connectivity index (χ3n) is 12.3. The van der Waals surface area contributed by atoms with E-state index in [2.05, 4.69) is 159 Å². The van der Waals surface area contributed by atoms with Crippen molar-refractivity contribution >= 4 is 61.9 Å². The highest BCUT2D eigenvalue weighted by Crippen LogP contribution is 2.46. The second-order valence-electron chi connectivity index (χ2n) is 16.2. The van der Waals surface area contributed by atoms with E-state index < -0.39 is 0 Å². The Labute approximate surface area is 343 Å². The highest BCUT2D eigenvalue weighted by atomic mass is 15.2. The lowest BCUT2D eigenvalue weighted by molar-refractivity contribution is -0.538. The largest absolute Gasteiger partial charge is 0.398 e. The van der Waals surface area contributed by atoms with Crippen LogP contribution >= 0.6 is 0 Å². The number of para-hydroxylation sites is 2. The fraction of sp³-hybridized carbons (Fsp3) is 0.300. The Bertz CT molecular complexity index is 2610. The number of nitrogens with two attached hydrogens (primary N) is 2. The molecule has 1 aliphatic heterocycles. The van der Waals surface area contributed by atoms with Gasteiger partial charge in [-0.2, -0.15) is 0 Å². The molecule has 8 rings (SSSR count). The monoisotopic (exact) mass is 769 g/mol. The molecule has 1 atom stereocenters. The van der Waals surface area contributed by atoms with Gasteiger partial charge in [0, 0.05) is 65.8 Å². The lowest BCUT2D eigenvalue weighted by Crippen LogP contribution is -2.41. The number of aromatic nitrogens is 2. The average Bonchev–Trinajstić information content (AvgIpc) is 3.22. The number of unbranched alkanes of at least 4 members (excludes halogenated alkanes) is 5. The quantitative estimate of drug-likeness (QED) is 0.0403. The molecule has 8 nitrogen and oxygen atoms in total. The second-order valence-corrected chi connectivity index (χ2v) is 16.2. The van der Waals surface area contributed by atoms with Crippen LogP contribution in [0.3, 0.4) is 0 Å². The van der Waals surface area contributed by atoms with Crippen LogP contribution in [0.5, 0.6) is 0 Å². The summed E-state index contributed by atoms with van der Waals surface area (Å²) in [4.78, 5) is 12.8. The van der Waals surface area contributed by atoms with Crippen LogP contribution in [0.15, 0.2) is 113 Å². The van der Waals surface area contributed by atoms with Crippen molar-refractivity contribution in [3.63, 3.8) is 0 Å². The number of allylic oxidation sites excluding steroid dienone is 1. The standard InChI is InChI=1S/C50H56N8/c1-31-25-43-45(57(37-19-13-11-14-20-37)47-27-39(51)33(3)35(5)49(47)55-43)29-41(31)53-23-17-9-7-8-10-18-24-54-42-30-46-44(26-32(42)2)56-50-36(6)34(4)40(52)28-48(50)58(46)38-21-15-12-16-22-38/h11-16,19-22,25-30,45,53H,7-10,17-18,23-24,51H2,1-6H3,(H2,52,54)/p+1. The maximum Gasteiger partial charge on any atom is 0.239 e. The zero-order valence-corrected chi connectivity index (χ0v) is 34.9. The smallest absolute Gasteiger partial charge is 0.239 e. The van der Waals surface area contributed by atoms with Crippen molar-refractivity contribution in [3.8, 4) is 5.69 Å². The molecule has 0 radical (unpaired) electrons. The van der Waals surface area contributed by atoms with Crippen molar-refractivity contribution in [2.45, 2.75) is 86.1 Å². The maximum atomic E-state index is 6.51. The highest BCUT2D eigenvalue weighted by Gasteiger charge is 2.33. The van der Waals surface area contributed by atoms with Gasteiger partial charge in [-0.3, -0.25) is 0 Å². The number of nitrogens with zero attached hydrogens (tertiary/aromatic N) is 4. The molecule has 2 heterocycles. The summed E-state index contributed by atoms with van der Waals surface area (Å²) >= 11 is 0. The van der Waals surface area contributed by atoms with Gasteiger partial charge < -0.3 is 27.0 Å². The van der Waals surface area contributed by atoms with Gasteiger partial charge in [-0.25, -0.2) is 9.98 Å². The van der Waals surface area contributed by atoms with Gasteiger partial charge in [-0.05, 0) is 124 Å². The number of anilines is 5. The molecule has 5 aromatic carbocycles. The van der Waals surface area contributed by atoms with Crippen LogP contribution in [0.2, 0.25) is 0 Å². The van der Waals surface area contributed by atoms with Crippen LogP contribution in [0.1, 0.15) is 73.3 Å². The summed E-state index contributed by atoms with van der Waals surface area (Å²) in [5.41, 5.74) is 33.2. The Morgan fingerprint density at radius 3 is 2.03 bits per heavy atom. The van der Waals surface area contributed by atoms with Crippen molar-refractivity contribution < 1.29 is 4.57 Å². The minimum absolute atomic E-state index is 0.0104. The summed E-state index contributed by atoms with van der Waals surface area (Å²) < 4.78 is 2.31. The number of aliphatic imine (C=N–C) groups is 1. The minimum Gasteiger partial charge on any atom is -0.398 e. The van der Waals surface area contributed by atoms with Gasteiger partial charge in [0.1, 0.15) is 11.0 Å². The van der Waals surface area contributed by atoms with Crippen molar-refractivity contribution in [1.82, 2.24) is 10.3 Å². The van der Waals surface area contributed by atoms with E-state index >= 15 is 0 Å². The second kappa shape index (κ2) is 16.4. The predicted molar refractivity (Wildman–Crippen MR) is 245 cm³/mol. The Kier molecular flexibility index (Phi) is 10.9. The summed E-state index contributed by atoms with van der Waals surface area (Å²) in [6.45, 7) is 14.7. The van der Waals surface area contributed by atoms with Crippen LogP contribution in [0, 0.1) is 34.6 Å². The highest BCUT2D eigenvalue weighted by molar-refractivity contribution is 6.11. The number of aryl methyl sites for hydroxylation is 2. The van der Waals surface area contributed by atoms with E-state index in [0.29, 0.717) is 0 Å². The molecule has 0 fully saturated rings. The number of benzene rings is 5. The SMILES string of the molecule is CC1=CC2=Nc3c(cc(N)c(C)c3C)N(c3ccccc3)C2C=C1NCCCCCCCCNc1cc2c(cc1C)nc1c(C)c(C)c(N)cc1[n+]2-c1ccccc1. The van der Waals surface area contributed by atoms with Gasteiger partial charge in [0.05, 0.1) is 23.1 Å². The molecule has 2 aliphatic rings. The van der Waals surface area contributed by atoms with Crippen molar-refractivity contribution in [2.24, 2.45) is 4.99 Å². The van der Waals surface area contributed by atoms with E-state index in [0.717, 1.165) is 116 Å². The first-order valence-electron chi connectivity index (χ1n) is 20.9. The van der Waals surface area contributed by atoms with Gasteiger partial charge >= 0.3 is 0 Å². The fourth-order valence-electron chi connectivity index (χ4n) is 8.54. The van der Waals surface area contributed by atoms with Crippen molar-refractivity contribution in [2.75, 3.05) is 34.8 Å². The van der Waals surface area contributed by atoms with Gasteiger partial charge in [-0.1, -0.05) is 62.1 Å². The van der Waals surface area contributed by atoms with E-state index in [1.807, 2.05) is 0 Å². The number of nitrogens with one attached hydrogen (secondary N) is 2. The van der Waals surface area contributed by atoms with Gasteiger partial charge in [0.15, 0.2) is 0 Å². The Morgan fingerprint density at radius 1 is 0.672 bits per heavy atom. The van der Waals surface area contributed by atoms with Crippen molar-refractivity contribution in [1.29, 1.82) is 0 Å². The first-order valence-corrected chi connectivity index (χ1v) is 20.9. The number of nitrogen functional groups attached to an aromatic ring is 2. The molecule has 1 aliphatic carbocycles. The molecule has 58 heavy (non-hydrogen) atoms. The van der Waals surface area contributed by atoms with E-state index in [4.69, 9.17) is 21.4 Å². The van der Waals surface area contributed by atoms with Gasteiger partial charge in [0.25, 0.3) is 0 Å². The van der Waals surface area contributed by atoms with Crippen molar-refractivity contribution in [3.05, 3.63) is 136 Å². The normalized spacial score (nSPS) is 14.8. The molecule has 6 N–H and O–H groups in total. The Morgan fingerprint density at radius 2 is 1.31 bits per heavy atom. The summed E-state index contributed by atoms with van der Waals surface area (Å²) in [5, 5.41) is 7.53. The lowest BCUT2D eigenvalue weighted by atomic mass is 9.92. The first kappa shape index (κ1) is 38.7. The molecule has 0 saturated carbocycles. The summed E-state index contributed by atoms with van der Waals surface area (Å²) in [6, 6.07) is 29.8. The first-order chi connectivity index (χ1) is 28.1. The lowest BCUT2D eigenvalue weighted by Gasteiger charge is -2.39. The summed E-state index contributed by atoms with van der Waals surface area (Å²) in [7, 11) is 0. The Hall–Kier alpha value is -6.15. The predicted octanol–water partition coefficient (Wildman–Crippen LogP) is 10.9. The molecule has 6 aromatic rings. The van der Waals surface area contributed by atoms with E-state index in [9.17, 15) is 0 Å². The summed E-state index contributed by atoms with van der Waals surface area (Å²) in [6.07, 6.45) is 11.8. The average molecular weight is 770 g/mol. The molecule has 0 saturated heterocycles. The molecular weight excluding hydrogens is 713 g/mol. The van der Waals surface area contributed by atoms with Crippen LogP contribution in [0.4, 0.5) is 34.1 Å². The van der Waals surface area contributed by atoms with E-state index in [1.165, 1.54) is 42.5 Å². The summed E-state index contributed by atoms with van der Waals surface area (Å²) in [5.74, 6) is 0. The third-order valence-corrected chi connectivity index (χ3v) is 12.3. The number of rotatable bonds is 13. The van der Waals surface area contributed by atoms with E-state index in [-0.39, 0.29) is 6.04 Å². The third kappa shape index (κ3) is 7.39. The zero-order chi connectivity index (χ0) is 40.5. The molecule has 8 heteroatoms. The van der Waals surface area contributed by atoms with Gasteiger partial charge in [0.2, 0.25) is 16.7 Å². The molecular formula is C50H57N8+. The zero-order valence-electron chi connectivity index (χ0n) is 34.9.